The van der Waals surface area contributed by atoms with Crippen molar-refractivity contribution in [3.8, 4) is 0 Å². The Morgan fingerprint density at radius 2 is 1.90 bits per heavy atom. The number of alkyl halides is 3. The zero-order valence-corrected chi connectivity index (χ0v) is 16.5. The average Bonchev–Trinajstić information content (AvgIpc) is 2.73. The van der Waals surface area contributed by atoms with Gasteiger partial charge in [0.05, 0.1) is 30.0 Å². The third kappa shape index (κ3) is 6.11. The molecule has 1 aliphatic heterocycles. The number of amides is 1. The van der Waals surface area contributed by atoms with Gasteiger partial charge in [0.1, 0.15) is 0 Å². The van der Waals surface area contributed by atoms with Crippen LogP contribution in [0.25, 0.3) is 0 Å². The highest BCUT2D eigenvalue weighted by Gasteiger charge is 2.33. The third-order valence-corrected chi connectivity index (χ3v) is 4.63. The summed E-state index contributed by atoms with van der Waals surface area (Å²) in [6.45, 7) is 2.62. The number of hydrogen-bond acceptors (Lipinski definition) is 5. The highest BCUT2D eigenvalue weighted by atomic mass is 35.5. The second-order valence-corrected chi connectivity index (χ2v) is 6.85. The molecule has 1 fully saturated rings. The Morgan fingerprint density at radius 1 is 1.20 bits per heavy atom. The number of carbonyl (C=O) groups excluding carboxylic acids is 1. The van der Waals surface area contributed by atoms with Gasteiger partial charge in [0.2, 0.25) is 0 Å². The lowest BCUT2D eigenvalue weighted by Crippen LogP contribution is -2.36. The molecule has 1 N–H and O–H groups in total. The summed E-state index contributed by atoms with van der Waals surface area (Å²) in [4.78, 5) is 19.0. The second kappa shape index (κ2) is 9.82. The van der Waals surface area contributed by atoms with E-state index in [1.165, 1.54) is 12.3 Å². The Labute approximate surface area is 176 Å². The molecule has 0 unspecified atom stereocenters. The summed E-state index contributed by atoms with van der Waals surface area (Å²) in [6.07, 6.45) is -3.17. The molecule has 0 atom stereocenters. The van der Waals surface area contributed by atoms with Crippen LogP contribution in [-0.4, -0.2) is 45.0 Å². The van der Waals surface area contributed by atoms with Gasteiger partial charge in [0.25, 0.3) is 5.91 Å². The van der Waals surface area contributed by atoms with Crippen LogP contribution in [0.5, 0.6) is 0 Å². The maximum absolute atomic E-state index is 12.9. The van der Waals surface area contributed by atoms with E-state index < -0.39 is 29.3 Å². The number of hydrogen-bond donors (Lipinski definition) is 1. The van der Waals surface area contributed by atoms with Gasteiger partial charge in [-0.15, -0.1) is 0 Å². The van der Waals surface area contributed by atoms with Gasteiger partial charge >= 0.3 is 6.18 Å². The fourth-order valence-corrected chi connectivity index (χ4v) is 3.03. The first-order chi connectivity index (χ1) is 14.3. The van der Waals surface area contributed by atoms with Crippen LogP contribution in [0.1, 0.15) is 11.1 Å². The monoisotopic (exact) mass is 441 g/mol. The number of nitrogens with one attached hydrogen (secondary N) is 1. The van der Waals surface area contributed by atoms with Crippen LogP contribution in [0.4, 0.5) is 24.5 Å². The topological polar surface area (TPSA) is 63.2 Å². The van der Waals surface area contributed by atoms with Crippen LogP contribution in [0.2, 0.25) is 5.02 Å². The number of benzene rings is 2. The SMILES string of the molecule is O=C(CO/N=C/c1ccc(N2CCOCC2)cc1)Nc1ccc(Cl)c(C(F)(F)F)c1. The highest BCUT2D eigenvalue weighted by Crippen LogP contribution is 2.36. The first kappa shape index (κ1) is 21.9. The van der Waals surface area contributed by atoms with Crippen molar-refractivity contribution >= 4 is 35.1 Å². The number of ether oxygens (including phenoxy) is 1. The predicted octanol–water partition coefficient (Wildman–Crippen LogP) is 4.18. The second-order valence-electron chi connectivity index (χ2n) is 6.44. The van der Waals surface area contributed by atoms with Gasteiger partial charge in [-0.1, -0.05) is 28.9 Å². The van der Waals surface area contributed by atoms with Crippen molar-refractivity contribution < 1.29 is 27.5 Å². The quantitative estimate of drug-likeness (QED) is 0.539. The summed E-state index contributed by atoms with van der Waals surface area (Å²) in [7, 11) is 0. The van der Waals surface area contributed by atoms with E-state index in [0.717, 1.165) is 36.5 Å². The van der Waals surface area contributed by atoms with Crippen molar-refractivity contribution in [2.75, 3.05) is 43.1 Å². The summed E-state index contributed by atoms with van der Waals surface area (Å²) in [5, 5.41) is 5.58. The molecular formula is C20H19ClF3N3O3. The first-order valence-electron chi connectivity index (χ1n) is 9.07. The fourth-order valence-electron chi connectivity index (χ4n) is 2.80. The molecule has 6 nitrogen and oxygen atoms in total. The van der Waals surface area contributed by atoms with Gasteiger partial charge in [0, 0.05) is 24.5 Å². The molecule has 1 saturated heterocycles. The Morgan fingerprint density at radius 3 is 2.57 bits per heavy atom. The van der Waals surface area contributed by atoms with E-state index in [1.54, 1.807) is 0 Å². The molecule has 0 saturated carbocycles. The van der Waals surface area contributed by atoms with Crippen LogP contribution < -0.4 is 10.2 Å². The molecule has 2 aromatic rings. The largest absolute Gasteiger partial charge is 0.417 e. The van der Waals surface area contributed by atoms with Crippen molar-refractivity contribution in [3.05, 3.63) is 58.6 Å². The fraction of sp³-hybridized carbons (Fsp3) is 0.300. The van der Waals surface area contributed by atoms with Crippen LogP contribution in [0, 0.1) is 0 Å². The molecule has 10 heteroatoms. The standard InChI is InChI=1S/C20H19ClF3N3O3/c21-18-6-3-15(11-17(18)20(22,23)24)26-19(28)13-30-25-12-14-1-4-16(5-2-14)27-7-9-29-10-8-27/h1-6,11-12H,7-10,13H2,(H,26,28)/b25-12+. The summed E-state index contributed by atoms with van der Waals surface area (Å²) in [5.41, 5.74) is 0.793. The lowest BCUT2D eigenvalue weighted by Gasteiger charge is -2.28. The van der Waals surface area contributed by atoms with E-state index in [2.05, 4.69) is 15.4 Å². The molecule has 2 aromatic carbocycles. The Hall–Kier alpha value is -2.78. The van der Waals surface area contributed by atoms with Crippen molar-refractivity contribution in [1.29, 1.82) is 0 Å². The maximum Gasteiger partial charge on any atom is 0.417 e. The predicted molar refractivity (Wildman–Crippen MR) is 108 cm³/mol. The van der Waals surface area contributed by atoms with Gasteiger partial charge in [-0.05, 0) is 35.9 Å². The number of rotatable bonds is 6. The average molecular weight is 442 g/mol. The molecule has 0 radical (unpaired) electrons. The van der Waals surface area contributed by atoms with Crippen LogP contribution in [-0.2, 0) is 20.5 Å². The summed E-state index contributed by atoms with van der Waals surface area (Å²) >= 11 is 5.55. The molecule has 1 heterocycles. The molecular weight excluding hydrogens is 423 g/mol. The molecule has 160 valence electrons. The van der Waals surface area contributed by atoms with Crippen LogP contribution in [0.3, 0.4) is 0 Å². The van der Waals surface area contributed by atoms with Gasteiger partial charge in [-0.2, -0.15) is 13.2 Å². The molecule has 0 aromatic heterocycles. The number of morpholine rings is 1. The van der Waals surface area contributed by atoms with E-state index in [0.29, 0.717) is 13.2 Å². The van der Waals surface area contributed by atoms with Crippen LogP contribution in [0.15, 0.2) is 47.6 Å². The van der Waals surface area contributed by atoms with Gasteiger partial charge < -0.3 is 19.8 Å². The minimum Gasteiger partial charge on any atom is -0.386 e. The number of halogens is 4. The summed E-state index contributed by atoms with van der Waals surface area (Å²) < 4.78 is 43.9. The number of nitrogens with zero attached hydrogens (tertiary/aromatic N) is 2. The zero-order chi connectivity index (χ0) is 21.6. The lowest BCUT2D eigenvalue weighted by molar-refractivity contribution is -0.137. The highest BCUT2D eigenvalue weighted by molar-refractivity contribution is 6.31. The summed E-state index contributed by atoms with van der Waals surface area (Å²) in [5.74, 6) is -0.648. The summed E-state index contributed by atoms with van der Waals surface area (Å²) in [6, 6.07) is 10.7. The van der Waals surface area contributed by atoms with Crippen molar-refractivity contribution in [1.82, 2.24) is 0 Å². The van der Waals surface area contributed by atoms with Gasteiger partial charge in [0.15, 0.2) is 6.61 Å². The molecule has 0 aliphatic carbocycles. The molecule has 1 aliphatic rings. The van der Waals surface area contributed by atoms with E-state index in [4.69, 9.17) is 21.2 Å². The van der Waals surface area contributed by atoms with Crippen molar-refractivity contribution in [3.63, 3.8) is 0 Å². The normalized spacial score (nSPS) is 14.7. The number of anilines is 2. The Balaban J connectivity index is 1.48. The number of oxime groups is 1. The first-order valence-corrected chi connectivity index (χ1v) is 9.45. The van der Waals surface area contributed by atoms with Gasteiger partial charge in [-0.3, -0.25) is 4.79 Å². The van der Waals surface area contributed by atoms with Crippen molar-refractivity contribution in [2.45, 2.75) is 6.18 Å². The van der Waals surface area contributed by atoms with E-state index in [1.807, 2.05) is 24.3 Å². The maximum atomic E-state index is 12.9. The van der Waals surface area contributed by atoms with Crippen molar-refractivity contribution in [2.24, 2.45) is 5.16 Å². The smallest absolute Gasteiger partial charge is 0.386 e. The van der Waals surface area contributed by atoms with E-state index in [-0.39, 0.29) is 5.69 Å². The van der Waals surface area contributed by atoms with E-state index in [9.17, 15) is 18.0 Å². The van der Waals surface area contributed by atoms with Crippen LogP contribution >= 0.6 is 11.6 Å². The lowest BCUT2D eigenvalue weighted by atomic mass is 10.2. The molecule has 0 bridgehead atoms. The van der Waals surface area contributed by atoms with Gasteiger partial charge in [-0.25, -0.2) is 0 Å². The Kier molecular flexibility index (Phi) is 7.17. The minimum atomic E-state index is -4.62. The zero-order valence-electron chi connectivity index (χ0n) is 15.8. The third-order valence-electron chi connectivity index (χ3n) is 4.30. The molecule has 30 heavy (non-hydrogen) atoms. The number of carbonyl (C=O) groups is 1. The Bertz CT molecular complexity index is 898. The molecule has 3 rings (SSSR count). The minimum absolute atomic E-state index is 0.0389. The van der Waals surface area contributed by atoms with E-state index >= 15 is 0 Å². The molecule has 0 spiro atoms. The molecule has 1 amide bonds.